The van der Waals surface area contributed by atoms with Crippen molar-refractivity contribution in [3.05, 3.63) is 47.1 Å². The van der Waals surface area contributed by atoms with Crippen LogP contribution in [-0.2, 0) is 11.3 Å². The number of unbranched alkanes of at least 4 members (excludes halogenated alkanes) is 1. The third-order valence-electron chi connectivity index (χ3n) is 5.31. The molecule has 3 N–H and O–H groups in total. The topological polar surface area (TPSA) is 88.1 Å². The van der Waals surface area contributed by atoms with Gasteiger partial charge in [0.25, 0.3) is 0 Å². The number of anilines is 1. The summed E-state index contributed by atoms with van der Waals surface area (Å²) in [6, 6.07) is 9.81. The zero-order chi connectivity index (χ0) is 20.2. The molecule has 0 radical (unpaired) electrons. The van der Waals surface area contributed by atoms with E-state index in [9.17, 15) is 9.59 Å². The lowest BCUT2D eigenvalue weighted by atomic mass is 10.0. The van der Waals surface area contributed by atoms with E-state index in [1.807, 2.05) is 36.0 Å². The summed E-state index contributed by atoms with van der Waals surface area (Å²) < 4.78 is 1.77. The van der Waals surface area contributed by atoms with Gasteiger partial charge in [-0.2, -0.15) is 16.9 Å². The lowest BCUT2D eigenvalue weighted by Crippen LogP contribution is -2.36. The molecular formula is C20H24ClN5O2S. The van der Waals surface area contributed by atoms with Gasteiger partial charge in [-0.3, -0.25) is 4.79 Å². The van der Waals surface area contributed by atoms with Gasteiger partial charge in [0.2, 0.25) is 5.91 Å². The molecule has 2 aliphatic rings. The number of carbonyl (C=O) groups excluding carboxylic acids is 2. The second kappa shape index (κ2) is 9.09. The van der Waals surface area contributed by atoms with Crippen LogP contribution < -0.4 is 16.0 Å². The zero-order valence-electron chi connectivity index (χ0n) is 15.9. The Morgan fingerprint density at radius 1 is 1.24 bits per heavy atom. The first kappa shape index (κ1) is 20.1. The molecule has 3 heterocycles. The molecule has 1 aromatic carbocycles. The van der Waals surface area contributed by atoms with Crippen LogP contribution in [0.5, 0.6) is 0 Å². The first-order valence-corrected chi connectivity index (χ1v) is 11.3. The molecule has 0 unspecified atom stereocenters. The Bertz CT molecular complexity index is 872. The standard InChI is InChI=1S/C20H24ClN5O2S/c21-14-7-5-13(6-8-14)11-26-17(9-10-22-26)24-18(27)4-2-1-3-16-19-15(12-29-16)23-20(28)25-19/h5-10,15-16,19H,1-4,11-12H2,(H,24,27)(H2,23,25,28)/t15-,16-,19-/m0/s1. The van der Waals surface area contributed by atoms with E-state index >= 15 is 0 Å². The monoisotopic (exact) mass is 433 g/mol. The highest BCUT2D eigenvalue weighted by Crippen LogP contribution is 2.33. The van der Waals surface area contributed by atoms with Crippen molar-refractivity contribution in [3.8, 4) is 0 Å². The maximum Gasteiger partial charge on any atom is 0.315 e. The second-order valence-corrected chi connectivity index (χ2v) is 9.12. The summed E-state index contributed by atoms with van der Waals surface area (Å²) in [7, 11) is 0. The van der Waals surface area contributed by atoms with E-state index in [2.05, 4.69) is 21.0 Å². The van der Waals surface area contributed by atoms with Gasteiger partial charge in [0.15, 0.2) is 0 Å². The molecule has 0 saturated carbocycles. The van der Waals surface area contributed by atoms with Gasteiger partial charge in [-0.25, -0.2) is 9.48 Å². The SMILES string of the molecule is O=C(CCCC[C@@H]1SC[C@@H]2NC(=O)N[C@@H]21)Nc1ccnn1Cc1ccc(Cl)cc1. The molecule has 3 amide bonds. The van der Waals surface area contributed by atoms with E-state index in [0.717, 1.165) is 30.6 Å². The average molecular weight is 434 g/mol. The van der Waals surface area contributed by atoms with E-state index in [-0.39, 0.29) is 24.0 Å². The van der Waals surface area contributed by atoms with Crippen LogP contribution in [0.25, 0.3) is 0 Å². The maximum absolute atomic E-state index is 12.3. The summed E-state index contributed by atoms with van der Waals surface area (Å²) in [5.41, 5.74) is 1.06. The molecule has 154 valence electrons. The number of amides is 3. The number of benzene rings is 1. The number of hydrogen-bond donors (Lipinski definition) is 3. The van der Waals surface area contributed by atoms with Crippen LogP contribution in [0.3, 0.4) is 0 Å². The third kappa shape index (κ3) is 5.05. The van der Waals surface area contributed by atoms with Gasteiger partial charge < -0.3 is 16.0 Å². The number of halogens is 1. The van der Waals surface area contributed by atoms with Crippen molar-refractivity contribution in [1.29, 1.82) is 0 Å². The van der Waals surface area contributed by atoms with Crippen LogP contribution in [0.4, 0.5) is 10.6 Å². The van der Waals surface area contributed by atoms with Crippen molar-refractivity contribution < 1.29 is 9.59 Å². The number of aromatic nitrogens is 2. The minimum atomic E-state index is -0.0557. The Kier molecular flexibility index (Phi) is 6.30. The molecule has 1 aromatic heterocycles. The lowest BCUT2D eigenvalue weighted by Gasteiger charge is -2.16. The second-order valence-electron chi connectivity index (χ2n) is 7.42. The smallest absolute Gasteiger partial charge is 0.315 e. The first-order chi connectivity index (χ1) is 14.1. The van der Waals surface area contributed by atoms with Crippen LogP contribution in [0.1, 0.15) is 31.2 Å². The molecule has 2 aliphatic heterocycles. The Labute approximate surface area is 178 Å². The van der Waals surface area contributed by atoms with Crippen molar-refractivity contribution >= 4 is 41.1 Å². The molecule has 9 heteroatoms. The van der Waals surface area contributed by atoms with Crippen LogP contribution in [-0.4, -0.2) is 44.8 Å². The molecule has 2 aromatic rings. The van der Waals surface area contributed by atoms with Crippen molar-refractivity contribution in [2.24, 2.45) is 0 Å². The molecule has 4 rings (SSSR count). The van der Waals surface area contributed by atoms with E-state index in [1.54, 1.807) is 16.9 Å². The summed E-state index contributed by atoms with van der Waals surface area (Å²) in [6.45, 7) is 0.570. The Morgan fingerprint density at radius 3 is 2.90 bits per heavy atom. The number of thioether (sulfide) groups is 1. The van der Waals surface area contributed by atoms with E-state index in [1.165, 1.54) is 0 Å². The molecular weight excluding hydrogens is 410 g/mol. The number of fused-ring (bicyclic) bond motifs is 1. The number of hydrogen-bond acceptors (Lipinski definition) is 4. The van der Waals surface area contributed by atoms with Gasteiger partial charge >= 0.3 is 6.03 Å². The average Bonchev–Trinajstić information content (AvgIpc) is 3.38. The van der Waals surface area contributed by atoms with Crippen molar-refractivity contribution in [1.82, 2.24) is 20.4 Å². The summed E-state index contributed by atoms with van der Waals surface area (Å²) in [4.78, 5) is 23.8. The van der Waals surface area contributed by atoms with Crippen molar-refractivity contribution in [2.75, 3.05) is 11.1 Å². The predicted octanol–water partition coefficient (Wildman–Crippen LogP) is 3.25. The number of nitrogens with one attached hydrogen (secondary N) is 3. The van der Waals surface area contributed by atoms with E-state index < -0.39 is 0 Å². The predicted molar refractivity (Wildman–Crippen MR) is 115 cm³/mol. The zero-order valence-corrected chi connectivity index (χ0v) is 17.5. The largest absolute Gasteiger partial charge is 0.332 e. The summed E-state index contributed by atoms with van der Waals surface area (Å²) in [6.07, 6.45) is 4.96. The molecule has 3 atom stereocenters. The molecule has 2 saturated heterocycles. The fourth-order valence-corrected chi connectivity index (χ4v) is 5.48. The van der Waals surface area contributed by atoms with Gasteiger partial charge in [0.05, 0.1) is 24.8 Å². The van der Waals surface area contributed by atoms with Gasteiger partial charge in [0, 0.05) is 28.5 Å². The van der Waals surface area contributed by atoms with Gasteiger partial charge in [-0.1, -0.05) is 30.2 Å². The van der Waals surface area contributed by atoms with Crippen molar-refractivity contribution in [3.63, 3.8) is 0 Å². The highest BCUT2D eigenvalue weighted by Gasteiger charge is 2.42. The fraction of sp³-hybridized carbons (Fsp3) is 0.450. The summed E-state index contributed by atoms with van der Waals surface area (Å²) in [5.74, 6) is 1.65. The minimum Gasteiger partial charge on any atom is -0.332 e. The Balaban J connectivity index is 1.20. The third-order valence-corrected chi connectivity index (χ3v) is 7.07. The van der Waals surface area contributed by atoms with E-state index in [4.69, 9.17) is 11.6 Å². The Hall–Kier alpha value is -2.19. The molecule has 0 aliphatic carbocycles. The maximum atomic E-state index is 12.3. The van der Waals surface area contributed by atoms with Crippen LogP contribution >= 0.6 is 23.4 Å². The molecule has 0 spiro atoms. The summed E-state index contributed by atoms with van der Waals surface area (Å²) >= 11 is 7.83. The molecule has 0 bridgehead atoms. The first-order valence-electron chi connectivity index (χ1n) is 9.83. The number of carbonyl (C=O) groups is 2. The number of urea groups is 1. The van der Waals surface area contributed by atoms with Gasteiger partial charge in [-0.15, -0.1) is 0 Å². The van der Waals surface area contributed by atoms with Gasteiger partial charge in [-0.05, 0) is 30.5 Å². The minimum absolute atomic E-state index is 0.00403. The van der Waals surface area contributed by atoms with Crippen LogP contribution in [0, 0.1) is 0 Å². The molecule has 29 heavy (non-hydrogen) atoms. The lowest BCUT2D eigenvalue weighted by molar-refractivity contribution is -0.116. The number of rotatable bonds is 8. The quantitative estimate of drug-likeness (QED) is 0.440. The van der Waals surface area contributed by atoms with Crippen LogP contribution in [0.2, 0.25) is 5.02 Å². The summed E-state index contributed by atoms with van der Waals surface area (Å²) in [5, 5.41) is 14.3. The Morgan fingerprint density at radius 2 is 2.07 bits per heavy atom. The van der Waals surface area contributed by atoms with Crippen molar-refractivity contribution in [2.45, 2.75) is 49.6 Å². The van der Waals surface area contributed by atoms with Crippen LogP contribution in [0.15, 0.2) is 36.5 Å². The highest BCUT2D eigenvalue weighted by molar-refractivity contribution is 8.00. The fourth-order valence-electron chi connectivity index (χ4n) is 3.81. The van der Waals surface area contributed by atoms with E-state index in [0.29, 0.717) is 29.1 Å². The normalized spacial score (nSPS) is 22.8. The molecule has 2 fully saturated rings. The number of nitrogens with zero attached hydrogens (tertiary/aromatic N) is 2. The van der Waals surface area contributed by atoms with Gasteiger partial charge in [0.1, 0.15) is 5.82 Å². The molecule has 7 nitrogen and oxygen atoms in total. The highest BCUT2D eigenvalue weighted by atomic mass is 35.5.